The maximum atomic E-state index is 11.1. The van der Waals surface area contributed by atoms with Gasteiger partial charge in [0.1, 0.15) is 0 Å². The molecule has 0 bridgehead atoms. The van der Waals surface area contributed by atoms with Crippen molar-refractivity contribution < 1.29 is 13.6 Å². The Kier molecular flexibility index (Phi) is 2.35. The summed E-state index contributed by atoms with van der Waals surface area (Å²) in [4.78, 5) is 0.0903. The van der Waals surface area contributed by atoms with Gasteiger partial charge < -0.3 is 0 Å². The molecule has 1 aromatic carbocycles. The Labute approximate surface area is 70.7 Å². The van der Waals surface area contributed by atoms with Crippen molar-refractivity contribution in [3.05, 3.63) is 24.3 Å². The molecule has 4 nitrogen and oxygen atoms in total. The van der Waals surface area contributed by atoms with Gasteiger partial charge in [-0.2, -0.15) is 0 Å². The van der Waals surface area contributed by atoms with E-state index in [1.807, 2.05) is 5.48 Å². The third-order valence-electron chi connectivity index (χ3n) is 1.41. The maximum absolute atomic E-state index is 11.1. The molecule has 0 unspecified atom stereocenters. The van der Waals surface area contributed by atoms with Gasteiger partial charge in [-0.15, -0.1) is 0 Å². The summed E-state index contributed by atoms with van der Waals surface area (Å²) in [5, 5.41) is 8.57. The number of nitrogens with one attached hydrogen (secondary N) is 1. The minimum absolute atomic E-state index is 0.0903. The molecule has 2 N–H and O–H groups in total. The first-order valence-electron chi connectivity index (χ1n) is 3.25. The molecule has 1 rings (SSSR count). The Morgan fingerprint density at radius 1 is 1.33 bits per heavy atom. The number of rotatable bonds is 2. The van der Waals surface area contributed by atoms with Gasteiger partial charge in [0, 0.05) is 6.26 Å². The predicted molar refractivity (Wildman–Crippen MR) is 45.0 cm³/mol. The van der Waals surface area contributed by atoms with Crippen molar-refractivity contribution in [3.8, 4) is 0 Å². The Morgan fingerprint density at radius 3 is 2.33 bits per heavy atom. The molecule has 0 amide bonds. The SMILES string of the molecule is CS(=O)(=O)c1ccccc1NO. The summed E-state index contributed by atoms with van der Waals surface area (Å²) in [7, 11) is -3.27. The Hall–Kier alpha value is -1.07. The van der Waals surface area contributed by atoms with Crippen LogP contribution in [-0.4, -0.2) is 19.9 Å². The average Bonchev–Trinajstić information content (AvgIpc) is 2.03. The summed E-state index contributed by atoms with van der Waals surface area (Å²) in [5.74, 6) is 0. The summed E-state index contributed by atoms with van der Waals surface area (Å²) in [6.07, 6.45) is 1.09. The van der Waals surface area contributed by atoms with Gasteiger partial charge in [-0.05, 0) is 12.1 Å². The molecule has 0 heterocycles. The van der Waals surface area contributed by atoms with Gasteiger partial charge in [0.15, 0.2) is 9.84 Å². The van der Waals surface area contributed by atoms with Gasteiger partial charge in [-0.1, -0.05) is 12.1 Å². The van der Waals surface area contributed by atoms with Crippen molar-refractivity contribution in [2.45, 2.75) is 4.90 Å². The lowest BCUT2D eigenvalue weighted by molar-refractivity contribution is 0.387. The predicted octanol–water partition coefficient (Wildman–Crippen LogP) is 0.891. The van der Waals surface area contributed by atoms with Crippen molar-refractivity contribution in [1.82, 2.24) is 0 Å². The van der Waals surface area contributed by atoms with Gasteiger partial charge in [0.05, 0.1) is 10.6 Å². The average molecular weight is 187 g/mol. The zero-order chi connectivity index (χ0) is 9.19. The van der Waals surface area contributed by atoms with E-state index in [1.54, 1.807) is 12.1 Å². The fourth-order valence-electron chi connectivity index (χ4n) is 0.882. The van der Waals surface area contributed by atoms with Crippen molar-refractivity contribution in [1.29, 1.82) is 0 Å². The molecule has 12 heavy (non-hydrogen) atoms. The zero-order valence-electron chi connectivity index (χ0n) is 6.48. The number of benzene rings is 1. The van der Waals surface area contributed by atoms with Crippen molar-refractivity contribution in [3.63, 3.8) is 0 Å². The third-order valence-corrected chi connectivity index (χ3v) is 2.56. The molecule has 0 radical (unpaired) electrons. The number of anilines is 1. The quantitative estimate of drug-likeness (QED) is 0.675. The second kappa shape index (κ2) is 3.12. The molecule has 0 saturated heterocycles. The highest BCUT2D eigenvalue weighted by molar-refractivity contribution is 7.90. The van der Waals surface area contributed by atoms with Gasteiger partial charge in [-0.3, -0.25) is 10.7 Å². The molecule has 0 spiro atoms. The molecule has 0 aromatic heterocycles. The Morgan fingerprint density at radius 2 is 1.92 bits per heavy atom. The van der Waals surface area contributed by atoms with E-state index in [2.05, 4.69) is 0 Å². The lowest BCUT2D eigenvalue weighted by Crippen LogP contribution is -2.02. The van der Waals surface area contributed by atoms with Gasteiger partial charge in [0.25, 0.3) is 0 Å². The Balaban J connectivity index is 3.33. The monoisotopic (exact) mass is 187 g/mol. The number of para-hydroxylation sites is 1. The summed E-state index contributed by atoms with van der Waals surface area (Å²) < 4.78 is 22.1. The molecule has 5 heteroatoms. The van der Waals surface area contributed by atoms with Crippen molar-refractivity contribution in [2.24, 2.45) is 0 Å². The van der Waals surface area contributed by atoms with Crippen LogP contribution in [0.25, 0.3) is 0 Å². The minimum atomic E-state index is -3.27. The van der Waals surface area contributed by atoms with E-state index < -0.39 is 9.84 Å². The van der Waals surface area contributed by atoms with Crippen LogP contribution in [-0.2, 0) is 9.84 Å². The highest BCUT2D eigenvalue weighted by Gasteiger charge is 2.10. The zero-order valence-corrected chi connectivity index (χ0v) is 7.30. The van der Waals surface area contributed by atoms with Crippen LogP contribution in [0.3, 0.4) is 0 Å². The molecule has 0 fully saturated rings. The third kappa shape index (κ3) is 1.75. The fourth-order valence-corrected chi connectivity index (χ4v) is 1.72. The van der Waals surface area contributed by atoms with E-state index >= 15 is 0 Å². The first-order valence-corrected chi connectivity index (χ1v) is 5.14. The van der Waals surface area contributed by atoms with Gasteiger partial charge >= 0.3 is 0 Å². The first-order chi connectivity index (χ1) is 5.55. The van der Waals surface area contributed by atoms with Gasteiger partial charge in [0.2, 0.25) is 0 Å². The van der Waals surface area contributed by atoms with E-state index in [-0.39, 0.29) is 10.6 Å². The van der Waals surface area contributed by atoms with Crippen LogP contribution in [0.2, 0.25) is 0 Å². The van der Waals surface area contributed by atoms with Crippen LogP contribution in [0.4, 0.5) is 5.69 Å². The Bertz CT molecular complexity index is 372. The highest BCUT2D eigenvalue weighted by atomic mass is 32.2. The molecule has 0 aliphatic heterocycles. The lowest BCUT2D eigenvalue weighted by Gasteiger charge is -2.04. The van der Waals surface area contributed by atoms with Gasteiger partial charge in [-0.25, -0.2) is 8.42 Å². The van der Waals surface area contributed by atoms with Crippen LogP contribution in [0.5, 0.6) is 0 Å². The number of hydrogen-bond donors (Lipinski definition) is 2. The molecule has 0 aliphatic rings. The van der Waals surface area contributed by atoms with Crippen LogP contribution in [0.15, 0.2) is 29.2 Å². The smallest absolute Gasteiger partial charge is 0.177 e. The van der Waals surface area contributed by atoms with E-state index in [1.165, 1.54) is 12.1 Å². The second-order valence-corrected chi connectivity index (χ2v) is 4.36. The molecule has 1 aromatic rings. The molecule has 0 atom stereocenters. The summed E-state index contributed by atoms with van der Waals surface area (Å²) in [6, 6.07) is 6.13. The lowest BCUT2D eigenvalue weighted by atomic mass is 10.3. The maximum Gasteiger partial charge on any atom is 0.177 e. The molecular weight excluding hydrogens is 178 g/mol. The van der Waals surface area contributed by atoms with E-state index in [0.29, 0.717) is 0 Å². The molecular formula is C7H9NO3S. The van der Waals surface area contributed by atoms with Crippen LogP contribution in [0.1, 0.15) is 0 Å². The van der Waals surface area contributed by atoms with Crippen molar-refractivity contribution in [2.75, 3.05) is 11.7 Å². The normalized spacial score (nSPS) is 11.2. The molecule has 66 valence electrons. The summed E-state index contributed by atoms with van der Waals surface area (Å²) in [5.41, 5.74) is 2.02. The van der Waals surface area contributed by atoms with Crippen LogP contribution < -0.4 is 5.48 Å². The van der Waals surface area contributed by atoms with Crippen LogP contribution in [0, 0.1) is 0 Å². The second-order valence-electron chi connectivity index (χ2n) is 2.38. The highest BCUT2D eigenvalue weighted by Crippen LogP contribution is 2.19. The van der Waals surface area contributed by atoms with E-state index in [0.717, 1.165) is 6.26 Å². The summed E-state index contributed by atoms with van der Waals surface area (Å²) in [6.45, 7) is 0. The standard InChI is InChI=1S/C7H9NO3S/c1-12(10,11)7-5-3-2-4-6(7)8-9/h2-5,8-9H,1H3. The topological polar surface area (TPSA) is 66.4 Å². The first kappa shape index (κ1) is 9.02. The number of sulfone groups is 1. The van der Waals surface area contributed by atoms with Crippen molar-refractivity contribution >= 4 is 15.5 Å². The molecule has 0 aliphatic carbocycles. The minimum Gasteiger partial charge on any atom is -0.291 e. The largest absolute Gasteiger partial charge is 0.291 e. The molecule has 0 saturated carbocycles. The fraction of sp³-hybridized carbons (Fsp3) is 0.143. The van der Waals surface area contributed by atoms with E-state index in [4.69, 9.17) is 5.21 Å². The van der Waals surface area contributed by atoms with E-state index in [9.17, 15) is 8.42 Å². The number of hydrogen-bond acceptors (Lipinski definition) is 4. The summed E-state index contributed by atoms with van der Waals surface area (Å²) >= 11 is 0. The van der Waals surface area contributed by atoms with Crippen LogP contribution >= 0.6 is 0 Å².